The number of anilines is 1. The van der Waals surface area contributed by atoms with Gasteiger partial charge in [-0.3, -0.25) is 4.79 Å². The van der Waals surface area contributed by atoms with Crippen LogP contribution in [0.2, 0.25) is 5.02 Å². The first-order chi connectivity index (χ1) is 10.2. The number of hydrogen-bond acceptors (Lipinski definition) is 4. The van der Waals surface area contributed by atoms with E-state index in [0.29, 0.717) is 29.5 Å². The fraction of sp³-hybridized carbons (Fsp3) is 0.200. The van der Waals surface area contributed by atoms with Crippen LogP contribution in [-0.4, -0.2) is 22.3 Å². The lowest BCUT2D eigenvalue weighted by molar-refractivity contribution is 0.0752. The zero-order valence-electron chi connectivity index (χ0n) is 11.7. The molecule has 0 atom stereocenters. The molecule has 0 aliphatic rings. The van der Waals surface area contributed by atoms with Crippen LogP contribution in [0.1, 0.15) is 22.8 Å². The maximum absolute atomic E-state index is 12.5. The van der Waals surface area contributed by atoms with Gasteiger partial charge in [-0.05, 0) is 18.6 Å². The molecule has 1 heterocycles. The summed E-state index contributed by atoms with van der Waals surface area (Å²) in [5.74, 6) is 5.51. The van der Waals surface area contributed by atoms with Gasteiger partial charge in [0.05, 0.1) is 10.6 Å². The summed E-state index contributed by atoms with van der Waals surface area (Å²) in [5.41, 5.74) is 3.89. The molecule has 0 spiro atoms. The zero-order valence-corrected chi connectivity index (χ0v) is 12.5. The molecule has 1 amide bonds. The number of carbonyl (C=O) groups excluding carboxylic acids is 1. The summed E-state index contributed by atoms with van der Waals surface area (Å²) in [5, 5.41) is 0.319. The fourth-order valence-electron chi connectivity index (χ4n) is 1.97. The monoisotopic (exact) mass is 304 g/mol. The zero-order chi connectivity index (χ0) is 15.2. The van der Waals surface area contributed by atoms with Crippen molar-refractivity contribution in [1.29, 1.82) is 0 Å². The number of rotatable bonds is 5. The standard InChI is InChI=1S/C15H17ClN4O/c1-2-20(10-11-6-4-3-5-7-11)15(21)12-8-13(16)14(19-17)18-9-12/h3-9H,2,10,17H2,1H3,(H,18,19). The first-order valence-corrected chi connectivity index (χ1v) is 6.98. The lowest BCUT2D eigenvalue weighted by atomic mass is 10.2. The van der Waals surface area contributed by atoms with E-state index in [0.717, 1.165) is 5.56 Å². The SMILES string of the molecule is CCN(Cc1ccccc1)C(=O)c1cnc(NN)c(Cl)c1. The highest BCUT2D eigenvalue weighted by Crippen LogP contribution is 2.20. The molecule has 5 nitrogen and oxygen atoms in total. The minimum atomic E-state index is -0.112. The van der Waals surface area contributed by atoms with Crippen LogP contribution in [0.3, 0.4) is 0 Å². The maximum atomic E-state index is 12.5. The quantitative estimate of drug-likeness (QED) is 0.658. The van der Waals surface area contributed by atoms with E-state index < -0.39 is 0 Å². The molecular weight excluding hydrogens is 288 g/mol. The van der Waals surface area contributed by atoms with Crippen molar-refractivity contribution in [2.24, 2.45) is 5.84 Å². The highest BCUT2D eigenvalue weighted by molar-refractivity contribution is 6.33. The molecule has 2 rings (SSSR count). The third kappa shape index (κ3) is 3.71. The molecule has 0 aliphatic carbocycles. The van der Waals surface area contributed by atoms with Crippen LogP contribution in [-0.2, 0) is 6.54 Å². The largest absolute Gasteiger partial charge is 0.335 e. The highest BCUT2D eigenvalue weighted by atomic mass is 35.5. The number of halogens is 1. The highest BCUT2D eigenvalue weighted by Gasteiger charge is 2.16. The minimum Gasteiger partial charge on any atom is -0.335 e. The van der Waals surface area contributed by atoms with E-state index in [9.17, 15) is 4.79 Å². The van der Waals surface area contributed by atoms with E-state index in [1.807, 2.05) is 37.3 Å². The van der Waals surface area contributed by atoms with Gasteiger partial charge in [-0.1, -0.05) is 41.9 Å². The number of hydrogen-bond donors (Lipinski definition) is 2. The van der Waals surface area contributed by atoms with Crippen molar-refractivity contribution >= 4 is 23.3 Å². The number of nitrogen functional groups attached to an aromatic ring is 1. The fourth-order valence-corrected chi connectivity index (χ4v) is 2.20. The number of nitrogens with one attached hydrogen (secondary N) is 1. The predicted octanol–water partition coefficient (Wildman–Crippen LogP) is 2.68. The Morgan fingerprint density at radius 2 is 2.10 bits per heavy atom. The Morgan fingerprint density at radius 3 is 2.67 bits per heavy atom. The second kappa shape index (κ2) is 7.06. The number of nitrogens with zero attached hydrogens (tertiary/aromatic N) is 2. The molecule has 1 aromatic heterocycles. The van der Waals surface area contributed by atoms with Gasteiger partial charge in [0, 0.05) is 19.3 Å². The van der Waals surface area contributed by atoms with Crippen molar-refractivity contribution in [3.05, 3.63) is 58.7 Å². The summed E-state index contributed by atoms with van der Waals surface area (Å²) in [6, 6.07) is 11.4. The Labute approximate surface area is 128 Å². The van der Waals surface area contributed by atoms with Gasteiger partial charge in [-0.2, -0.15) is 0 Å². The molecule has 2 aromatic rings. The molecule has 3 N–H and O–H groups in total. The number of pyridine rings is 1. The molecule has 0 unspecified atom stereocenters. The van der Waals surface area contributed by atoms with Crippen LogP contribution in [0.25, 0.3) is 0 Å². The van der Waals surface area contributed by atoms with E-state index >= 15 is 0 Å². The van der Waals surface area contributed by atoms with Crippen molar-refractivity contribution in [3.8, 4) is 0 Å². The molecule has 1 aromatic carbocycles. The van der Waals surface area contributed by atoms with Gasteiger partial charge in [0.1, 0.15) is 0 Å². The van der Waals surface area contributed by atoms with Gasteiger partial charge in [-0.15, -0.1) is 0 Å². The lowest BCUT2D eigenvalue weighted by Gasteiger charge is -2.21. The molecule has 110 valence electrons. The number of amides is 1. The lowest BCUT2D eigenvalue weighted by Crippen LogP contribution is -2.30. The molecule has 0 fully saturated rings. The second-order valence-corrected chi connectivity index (χ2v) is 4.91. The predicted molar refractivity (Wildman–Crippen MR) is 83.9 cm³/mol. The van der Waals surface area contributed by atoms with Crippen LogP contribution in [0.5, 0.6) is 0 Å². The third-order valence-corrected chi connectivity index (χ3v) is 3.40. The topological polar surface area (TPSA) is 71.2 Å². The number of aromatic nitrogens is 1. The van der Waals surface area contributed by atoms with Gasteiger partial charge < -0.3 is 10.3 Å². The molecular formula is C15H17ClN4O. The summed E-state index contributed by atoms with van der Waals surface area (Å²) in [6.07, 6.45) is 1.47. The van der Waals surface area contributed by atoms with Gasteiger partial charge in [0.2, 0.25) is 0 Å². The minimum absolute atomic E-state index is 0.112. The third-order valence-electron chi connectivity index (χ3n) is 3.11. The smallest absolute Gasteiger partial charge is 0.255 e. The van der Waals surface area contributed by atoms with Crippen LogP contribution in [0.15, 0.2) is 42.6 Å². The second-order valence-electron chi connectivity index (χ2n) is 4.50. The Hall–Kier alpha value is -2.11. The summed E-state index contributed by atoms with van der Waals surface area (Å²) in [4.78, 5) is 18.3. The van der Waals surface area contributed by atoms with E-state index in [-0.39, 0.29) is 5.91 Å². The number of carbonyl (C=O) groups is 1. The number of hydrazine groups is 1. The van der Waals surface area contributed by atoms with Crippen LogP contribution < -0.4 is 11.3 Å². The van der Waals surface area contributed by atoms with Crippen LogP contribution in [0.4, 0.5) is 5.82 Å². The molecule has 0 aliphatic heterocycles. The Kier molecular flexibility index (Phi) is 5.14. The summed E-state index contributed by atoms with van der Waals surface area (Å²) < 4.78 is 0. The first kappa shape index (κ1) is 15.3. The molecule has 0 saturated carbocycles. The maximum Gasteiger partial charge on any atom is 0.255 e. The van der Waals surface area contributed by atoms with Crippen LogP contribution >= 0.6 is 11.6 Å². The molecule has 21 heavy (non-hydrogen) atoms. The Morgan fingerprint density at radius 1 is 1.38 bits per heavy atom. The van der Waals surface area contributed by atoms with Gasteiger partial charge in [0.25, 0.3) is 5.91 Å². The van der Waals surface area contributed by atoms with E-state index in [2.05, 4.69) is 10.4 Å². The van der Waals surface area contributed by atoms with Gasteiger partial charge >= 0.3 is 0 Å². The van der Waals surface area contributed by atoms with E-state index in [4.69, 9.17) is 17.4 Å². The average Bonchev–Trinajstić information content (AvgIpc) is 2.53. The Bertz CT molecular complexity index is 618. The van der Waals surface area contributed by atoms with Crippen molar-refractivity contribution in [2.45, 2.75) is 13.5 Å². The summed E-state index contributed by atoms with van der Waals surface area (Å²) in [6.45, 7) is 3.08. The molecule has 0 saturated heterocycles. The van der Waals surface area contributed by atoms with Crippen molar-refractivity contribution in [3.63, 3.8) is 0 Å². The van der Waals surface area contributed by atoms with Crippen LogP contribution in [0, 0.1) is 0 Å². The van der Waals surface area contributed by atoms with Crippen molar-refractivity contribution < 1.29 is 4.79 Å². The van der Waals surface area contributed by atoms with Crippen molar-refractivity contribution in [1.82, 2.24) is 9.88 Å². The molecule has 0 bridgehead atoms. The van der Waals surface area contributed by atoms with Crippen molar-refractivity contribution in [2.75, 3.05) is 12.0 Å². The summed E-state index contributed by atoms with van der Waals surface area (Å²) in [7, 11) is 0. The van der Waals surface area contributed by atoms with E-state index in [1.165, 1.54) is 6.20 Å². The molecule has 0 radical (unpaired) electrons. The summed E-state index contributed by atoms with van der Waals surface area (Å²) >= 11 is 6.01. The van der Waals surface area contributed by atoms with E-state index in [1.54, 1.807) is 11.0 Å². The average molecular weight is 305 g/mol. The number of nitrogens with two attached hydrogens (primary N) is 1. The first-order valence-electron chi connectivity index (χ1n) is 6.61. The number of benzene rings is 1. The van der Waals surface area contributed by atoms with Gasteiger partial charge in [-0.25, -0.2) is 10.8 Å². The molecule has 6 heteroatoms. The normalized spacial score (nSPS) is 10.2. The Balaban J connectivity index is 2.18. The van der Waals surface area contributed by atoms with Gasteiger partial charge in [0.15, 0.2) is 5.82 Å².